The highest BCUT2D eigenvalue weighted by Gasteiger charge is 2.26. The number of amides is 1. The van der Waals surface area contributed by atoms with E-state index in [0.717, 1.165) is 35.5 Å². The molecule has 0 radical (unpaired) electrons. The molecule has 7 heteroatoms. The van der Waals surface area contributed by atoms with Crippen molar-refractivity contribution in [1.82, 2.24) is 0 Å². The number of non-ortho nitro benzene ring substituents is 1. The average Bonchev–Trinajstić information content (AvgIpc) is 3.11. The second kappa shape index (κ2) is 7.26. The molecule has 2 aromatic carbocycles. The number of ether oxygens (including phenoxy) is 2. The van der Waals surface area contributed by atoms with Crippen LogP contribution in [0.15, 0.2) is 36.4 Å². The predicted octanol–water partition coefficient (Wildman–Crippen LogP) is 3.28. The summed E-state index contributed by atoms with van der Waals surface area (Å²) in [5, 5.41) is 11.0. The zero-order valence-electron chi connectivity index (χ0n) is 14.8. The molecule has 0 N–H and O–H groups in total. The Kier molecular flexibility index (Phi) is 4.66. The van der Waals surface area contributed by atoms with Gasteiger partial charge in [-0.25, -0.2) is 0 Å². The van der Waals surface area contributed by atoms with E-state index >= 15 is 0 Å². The first-order valence-electron chi connectivity index (χ1n) is 9.08. The third-order valence-electron chi connectivity index (χ3n) is 4.94. The second-order valence-electron chi connectivity index (χ2n) is 6.70. The number of nitro benzene ring substituents is 1. The largest absolute Gasteiger partial charge is 0.486 e. The molecule has 7 nitrogen and oxygen atoms in total. The molecule has 0 aromatic heterocycles. The fourth-order valence-corrected chi connectivity index (χ4v) is 3.56. The summed E-state index contributed by atoms with van der Waals surface area (Å²) < 4.78 is 11.1. The van der Waals surface area contributed by atoms with Gasteiger partial charge in [0.15, 0.2) is 11.5 Å². The Hall–Kier alpha value is -3.09. The van der Waals surface area contributed by atoms with Crippen molar-refractivity contribution < 1.29 is 19.2 Å². The van der Waals surface area contributed by atoms with Crippen molar-refractivity contribution in [2.24, 2.45) is 0 Å². The summed E-state index contributed by atoms with van der Waals surface area (Å²) in [7, 11) is 0. The smallest absolute Gasteiger partial charge is 0.271 e. The third-order valence-corrected chi connectivity index (χ3v) is 4.94. The summed E-state index contributed by atoms with van der Waals surface area (Å²) in [5.74, 6) is 1.52. The number of rotatable bonds is 5. The molecule has 0 saturated carbocycles. The Morgan fingerprint density at radius 1 is 1.11 bits per heavy atom. The second-order valence-corrected chi connectivity index (χ2v) is 6.70. The molecule has 2 aliphatic heterocycles. The quantitative estimate of drug-likeness (QED) is 0.597. The van der Waals surface area contributed by atoms with Crippen molar-refractivity contribution in [2.75, 3.05) is 24.7 Å². The summed E-state index contributed by atoms with van der Waals surface area (Å²) in [6.45, 7) is 1.70. The van der Waals surface area contributed by atoms with Crippen LogP contribution in [0, 0.1) is 10.1 Å². The van der Waals surface area contributed by atoms with E-state index in [-0.39, 0.29) is 11.6 Å². The van der Waals surface area contributed by atoms with Crippen LogP contribution in [0.25, 0.3) is 0 Å². The molecule has 4 rings (SSSR count). The van der Waals surface area contributed by atoms with Gasteiger partial charge in [-0.3, -0.25) is 14.9 Å². The Labute approximate surface area is 156 Å². The summed E-state index contributed by atoms with van der Waals surface area (Å²) in [5.41, 5.74) is 2.78. The van der Waals surface area contributed by atoms with Gasteiger partial charge in [-0.1, -0.05) is 12.1 Å². The molecule has 0 unspecified atom stereocenters. The van der Waals surface area contributed by atoms with Gasteiger partial charge in [0.25, 0.3) is 5.69 Å². The van der Waals surface area contributed by atoms with Crippen molar-refractivity contribution in [3.8, 4) is 11.5 Å². The van der Waals surface area contributed by atoms with E-state index in [0.29, 0.717) is 38.3 Å². The normalized spacial score (nSPS) is 14.7. The maximum absolute atomic E-state index is 12.6. The van der Waals surface area contributed by atoms with Crippen LogP contribution in [0.2, 0.25) is 0 Å². The SMILES string of the molecule is O=C(CCCc1ccc2c(c1)OCCO2)N1CCc2ccc([N+](=O)[O-])cc21. The fourth-order valence-electron chi connectivity index (χ4n) is 3.56. The number of carbonyl (C=O) groups is 1. The maximum atomic E-state index is 12.6. The van der Waals surface area contributed by atoms with Crippen LogP contribution < -0.4 is 14.4 Å². The van der Waals surface area contributed by atoms with E-state index in [2.05, 4.69) is 0 Å². The summed E-state index contributed by atoms with van der Waals surface area (Å²) in [4.78, 5) is 24.9. The first kappa shape index (κ1) is 17.3. The highest BCUT2D eigenvalue weighted by molar-refractivity contribution is 5.95. The molecule has 0 fully saturated rings. The van der Waals surface area contributed by atoms with Crippen molar-refractivity contribution in [3.05, 3.63) is 57.6 Å². The lowest BCUT2D eigenvalue weighted by Gasteiger charge is -2.19. The first-order chi connectivity index (χ1) is 13.1. The van der Waals surface area contributed by atoms with Gasteiger partial charge in [0.1, 0.15) is 13.2 Å². The molecule has 0 saturated heterocycles. The summed E-state index contributed by atoms with van der Waals surface area (Å²) >= 11 is 0. The lowest BCUT2D eigenvalue weighted by molar-refractivity contribution is -0.384. The van der Waals surface area contributed by atoms with Gasteiger partial charge >= 0.3 is 0 Å². The number of anilines is 1. The van der Waals surface area contributed by atoms with Gasteiger partial charge in [0.2, 0.25) is 5.91 Å². The Bertz CT molecular complexity index is 896. The monoisotopic (exact) mass is 368 g/mol. The third kappa shape index (κ3) is 3.58. The van der Waals surface area contributed by atoms with Crippen molar-refractivity contribution in [3.63, 3.8) is 0 Å². The predicted molar refractivity (Wildman–Crippen MR) is 99.5 cm³/mol. The number of hydrogen-bond acceptors (Lipinski definition) is 5. The van der Waals surface area contributed by atoms with Gasteiger partial charge in [-0.05, 0) is 42.5 Å². The van der Waals surface area contributed by atoms with E-state index in [1.54, 1.807) is 11.0 Å². The molecule has 0 bridgehead atoms. The van der Waals surface area contributed by atoms with E-state index in [4.69, 9.17) is 9.47 Å². The lowest BCUT2D eigenvalue weighted by atomic mass is 10.1. The number of carbonyl (C=O) groups excluding carboxylic acids is 1. The molecule has 0 aliphatic carbocycles. The van der Waals surface area contributed by atoms with Crippen LogP contribution in [-0.2, 0) is 17.6 Å². The van der Waals surface area contributed by atoms with E-state index < -0.39 is 4.92 Å². The van der Waals surface area contributed by atoms with Gasteiger partial charge in [0, 0.05) is 25.1 Å². The number of fused-ring (bicyclic) bond motifs is 2. The van der Waals surface area contributed by atoms with Crippen LogP contribution in [-0.4, -0.2) is 30.6 Å². The number of nitro groups is 1. The van der Waals surface area contributed by atoms with E-state index in [9.17, 15) is 14.9 Å². The molecule has 27 heavy (non-hydrogen) atoms. The highest BCUT2D eigenvalue weighted by Crippen LogP contribution is 2.33. The van der Waals surface area contributed by atoms with Gasteiger partial charge in [-0.15, -0.1) is 0 Å². The van der Waals surface area contributed by atoms with Crippen LogP contribution in [0.5, 0.6) is 11.5 Å². The zero-order valence-corrected chi connectivity index (χ0v) is 14.8. The first-order valence-corrected chi connectivity index (χ1v) is 9.08. The van der Waals surface area contributed by atoms with Crippen molar-refractivity contribution in [2.45, 2.75) is 25.7 Å². The molecule has 0 atom stereocenters. The van der Waals surface area contributed by atoms with Gasteiger partial charge in [0.05, 0.1) is 10.6 Å². The lowest BCUT2D eigenvalue weighted by Crippen LogP contribution is -2.28. The number of hydrogen-bond donors (Lipinski definition) is 0. The minimum Gasteiger partial charge on any atom is -0.486 e. The highest BCUT2D eigenvalue weighted by atomic mass is 16.6. The fraction of sp³-hybridized carbons (Fsp3) is 0.350. The Morgan fingerprint density at radius 2 is 1.93 bits per heavy atom. The average molecular weight is 368 g/mol. The minimum atomic E-state index is -0.427. The Morgan fingerprint density at radius 3 is 2.74 bits per heavy atom. The number of benzene rings is 2. The molecule has 0 spiro atoms. The van der Waals surface area contributed by atoms with Crippen LogP contribution in [0.4, 0.5) is 11.4 Å². The van der Waals surface area contributed by atoms with Crippen LogP contribution in [0.1, 0.15) is 24.0 Å². The summed E-state index contributed by atoms with van der Waals surface area (Å²) in [6.07, 6.45) is 2.61. The zero-order chi connectivity index (χ0) is 18.8. The van der Waals surface area contributed by atoms with Crippen molar-refractivity contribution >= 4 is 17.3 Å². The van der Waals surface area contributed by atoms with E-state index in [1.165, 1.54) is 12.1 Å². The molecule has 2 aliphatic rings. The molecule has 2 aromatic rings. The van der Waals surface area contributed by atoms with Gasteiger partial charge < -0.3 is 14.4 Å². The molecular weight excluding hydrogens is 348 g/mol. The minimum absolute atomic E-state index is 0.00629. The van der Waals surface area contributed by atoms with Gasteiger partial charge in [-0.2, -0.15) is 0 Å². The molecular formula is C20H20N2O5. The number of nitrogens with zero attached hydrogens (tertiary/aromatic N) is 2. The van der Waals surface area contributed by atoms with Crippen LogP contribution >= 0.6 is 0 Å². The number of aryl methyl sites for hydroxylation is 1. The van der Waals surface area contributed by atoms with E-state index in [1.807, 2.05) is 18.2 Å². The van der Waals surface area contributed by atoms with Crippen LogP contribution in [0.3, 0.4) is 0 Å². The maximum Gasteiger partial charge on any atom is 0.271 e. The summed E-state index contributed by atoms with van der Waals surface area (Å²) in [6, 6.07) is 10.6. The molecule has 140 valence electrons. The molecule has 2 heterocycles. The molecule has 1 amide bonds. The van der Waals surface area contributed by atoms with Crippen molar-refractivity contribution in [1.29, 1.82) is 0 Å². The Balaban J connectivity index is 1.37. The topological polar surface area (TPSA) is 81.9 Å². The standard InChI is InChI=1S/C20H20N2O5/c23-20(21-9-8-15-5-6-16(22(24)25)13-17(15)21)3-1-2-14-4-7-18-19(12-14)27-11-10-26-18/h4-7,12-13H,1-3,8-11H2.